The smallest absolute Gasteiger partial charge is 0.303 e. The fraction of sp³-hybridized carbons (Fsp3) is 0.316. The maximum Gasteiger partial charge on any atom is 0.303 e. The minimum absolute atomic E-state index is 0.213. The fourth-order valence-electron chi connectivity index (χ4n) is 2.44. The van der Waals surface area contributed by atoms with Gasteiger partial charge in [-0.3, -0.25) is 4.79 Å². The minimum Gasteiger partial charge on any atom is -0.489 e. The Hall–Kier alpha value is -2.29. The van der Waals surface area contributed by atoms with E-state index in [1.54, 1.807) is 0 Å². The Bertz CT molecular complexity index is 647. The predicted molar refractivity (Wildman–Crippen MR) is 87.3 cm³/mol. The number of carboxylic acids is 1. The number of rotatable bonds is 7. The summed E-state index contributed by atoms with van der Waals surface area (Å²) < 4.78 is 5.88. The van der Waals surface area contributed by atoms with E-state index in [2.05, 4.69) is 31.2 Å². The molecule has 0 atom stereocenters. The third-order valence-electron chi connectivity index (χ3n) is 3.57. The molecular weight excluding hydrogens is 276 g/mol. The number of aliphatic carboxylic acids is 1. The molecule has 0 unspecified atom stereocenters. The highest BCUT2D eigenvalue weighted by molar-refractivity contribution is 5.66. The summed E-state index contributed by atoms with van der Waals surface area (Å²) in [6.45, 7) is 4.65. The number of hydrogen-bond donors (Lipinski definition) is 1. The molecule has 0 aliphatic carbocycles. The second kappa shape index (κ2) is 7.64. The largest absolute Gasteiger partial charge is 0.489 e. The lowest BCUT2D eigenvalue weighted by Gasteiger charge is -2.11. The molecule has 0 saturated heterocycles. The molecule has 0 aliphatic rings. The Morgan fingerprint density at radius 2 is 1.91 bits per heavy atom. The zero-order chi connectivity index (χ0) is 15.9. The molecular formula is C19H22O3. The van der Waals surface area contributed by atoms with Gasteiger partial charge in [0.2, 0.25) is 0 Å². The van der Waals surface area contributed by atoms with E-state index < -0.39 is 5.97 Å². The summed E-state index contributed by atoms with van der Waals surface area (Å²) in [5.74, 6) is 0.137. The Balaban J connectivity index is 1.93. The summed E-state index contributed by atoms with van der Waals surface area (Å²) in [4.78, 5) is 10.5. The SMILES string of the molecule is Cc1cccc(COc2ccc(CCCC(=O)O)cc2C)c1. The molecule has 2 rings (SSSR count). The second-order valence-electron chi connectivity index (χ2n) is 5.62. The van der Waals surface area contributed by atoms with E-state index in [-0.39, 0.29) is 6.42 Å². The number of benzene rings is 2. The van der Waals surface area contributed by atoms with E-state index in [9.17, 15) is 4.79 Å². The van der Waals surface area contributed by atoms with Crippen molar-refractivity contribution >= 4 is 5.97 Å². The van der Waals surface area contributed by atoms with Crippen LogP contribution in [0.4, 0.5) is 0 Å². The van der Waals surface area contributed by atoms with Gasteiger partial charge in [-0.2, -0.15) is 0 Å². The maximum absolute atomic E-state index is 10.5. The normalized spacial score (nSPS) is 10.5. The van der Waals surface area contributed by atoms with Crippen LogP contribution in [-0.4, -0.2) is 11.1 Å². The number of ether oxygens (including phenoxy) is 1. The summed E-state index contributed by atoms with van der Waals surface area (Å²) in [5, 5.41) is 8.67. The van der Waals surface area contributed by atoms with Gasteiger partial charge in [-0.15, -0.1) is 0 Å². The summed E-state index contributed by atoms with van der Waals surface area (Å²) in [6.07, 6.45) is 1.66. The van der Waals surface area contributed by atoms with Crippen LogP contribution in [0.3, 0.4) is 0 Å². The van der Waals surface area contributed by atoms with Gasteiger partial charge >= 0.3 is 5.97 Å². The molecule has 0 fully saturated rings. The first-order valence-electron chi connectivity index (χ1n) is 7.54. The zero-order valence-corrected chi connectivity index (χ0v) is 13.1. The molecule has 116 valence electrons. The third-order valence-corrected chi connectivity index (χ3v) is 3.57. The van der Waals surface area contributed by atoms with Crippen LogP contribution in [0.15, 0.2) is 42.5 Å². The maximum atomic E-state index is 10.5. The predicted octanol–water partition coefficient (Wildman–Crippen LogP) is 4.29. The molecule has 3 heteroatoms. The first kappa shape index (κ1) is 16.1. The van der Waals surface area contributed by atoms with Crippen LogP contribution in [-0.2, 0) is 17.8 Å². The summed E-state index contributed by atoms with van der Waals surface area (Å²) in [5.41, 5.74) is 4.62. The highest BCUT2D eigenvalue weighted by Gasteiger charge is 2.04. The van der Waals surface area contributed by atoms with Crippen LogP contribution < -0.4 is 4.74 Å². The van der Waals surface area contributed by atoms with Gasteiger partial charge in [0, 0.05) is 6.42 Å². The van der Waals surface area contributed by atoms with E-state index in [0.717, 1.165) is 28.9 Å². The lowest BCUT2D eigenvalue weighted by molar-refractivity contribution is -0.137. The van der Waals surface area contributed by atoms with E-state index in [0.29, 0.717) is 13.0 Å². The van der Waals surface area contributed by atoms with Crippen LogP contribution in [0, 0.1) is 13.8 Å². The molecule has 0 bridgehead atoms. The molecule has 0 aliphatic heterocycles. The highest BCUT2D eigenvalue weighted by atomic mass is 16.5. The Labute approximate surface area is 131 Å². The Morgan fingerprint density at radius 3 is 2.59 bits per heavy atom. The second-order valence-corrected chi connectivity index (χ2v) is 5.62. The van der Waals surface area contributed by atoms with Gasteiger partial charge in [-0.1, -0.05) is 42.0 Å². The van der Waals surface area contributed by atoms with Crippen LogP contribution in [0.25, 0.3) is 0 Å². The van der Waals surface area contributed by atoms with E-state index in [4.69, 9.17) is 9.84 Å². The van der Waals surface area contributed by atoms with Gasteiger partial charge in [-0.05, 0) is 49.4 Å². The average molecular weight is 298 g/mol. The number of carboxylic acid groups (broad SMARTS) is 1. The molecule has 0 spiro atoms. The third kappa shape index (κ3) is 4.92. The van der Waals surface area contributed by atoms with E-state index in [1.165, 1.54) is 5.56 Å². The average Bonchev–Trinajstić information content (AvgIpc) is 2.46. The molecule has 0 radical (unpaired) electrons. The Kier molecular flexibility index (Phi) is 5.59. The molecule has 2 aromatic carbocycles. The van der Waals surface area contributed by atoms with Gasteiger partial charge < -0.3 is 9.84 Å². The van der Waals surface area contributed by atoms with Gasteiger partial charge in [0.25, 0.3) is 0 Å². The molecule has 0 aromatic heterocycles. The van der Waals surface area contributed by atoms with Gasteiger partial charge in [0.05, 0.1) is 0 Å². The minimum atomic E-state index is -0.741. The van der Waals surface area contributed by atoms with Crippen molar-refractivity contribution in [1.82, 2.24) is 0 Å². The van der Waals surface area contributed by atoms with Crippen LogP contribution in [0.5, 0.6) is 5.75 Å². The van der Waals surface area contributed by atoms with Crippen LogP contribution in [0.2, 0.25) is 0 Å². The van der Waals surface area contributed by atoms with Crippen LogP contribution >= 0.6 is 0 Å². The van der Waals surface area contributed by atoms with Crippen molar-refractivity contribution in [3.05, 3.63) is 64.7 Å². The number of aryl methyl sites for hydroxylation is 3. The zero-order valence-electron chi connectivity index (χ0n) is 13.1. The lowest BCUT2D eigenvalue weighted by atomic mass is 10.1. The molecule has 1 N–H and O–H groups in total. The van der Waals surface area contributed by atoms with Crippen molar-refractivity contribution in [2.24, 2.45) is 0 Å². The summed E-state index contributed by atoms with van der Waals surface area (Å²) >= 11 is 0. The lowest BCUT2D eigenvalue weighted by Crippen LogP contribution is -1.99. The van der Waals surface area contributed by atoms with E-state index >= 15 is 0 Å². The standard InChI is InChI=1S/C19H22O3/c1-14-5-3-7-17(11-14)13-22-18-10-9-16(12-15(18)2)6-4-8-19(20)21/h3,5,7,9-12H,4,6,8,13H2,1-2H3,(H,20,21). The van der Waals surface area contributed by atoms with Crippen molar-refractivity contribution in [1.29, 1.82) is 0 Å². The summed E-state index contributed by atoms with van der Waals surface area (Å²) in [7, 11) is 0. The monoisotopic (exact) mass is 298 g/mol. The molecule has 2 aromatic rings. The van der Waals surface area contributed by atoms with Crippen molar-refractivity contribution in [2.75, 3.05) is 0 Å². The topological polar surface area (TPSA) is 46.5 Å². The van der Waals surface area contributed by atoms with Gasteiger partial charge in [0.15, 0.2) is 0 Å². The van der Waals surface area contributed by atoms with Crippen molar-refractivity contribution < 1.29 is 14.6 Å². The molecule has 0 amide bonds. The van der Waals surface area contributed by atoms with Gasteiger partial charge in [0.1, 0.15) is 12.4 Å². The quantitative estimate of drug-likeness (QED) is 0.829. The number of hydrogen-bond acceptors (Lipinski definition) is 2. The van der Waals surface area contributed by atoms with E-state index in [1.807, 2.05) is 25.1 Å². The first-order valence-corrected chi connectivity index (χ1v) is 7.54. The highest BCUT2D eigenvalue weighted by Crippen LogP contribution is 2.21. The summed E-state index contributed by atoms with van der Waals surface area (Å²) in [6, 6.07) is 14.3. The molecule has 3 nitrogen and oxygen atoms in total. The van der Waals surface area contributed by atoms with Crippen molar-refractivity contribution in [3.63, 3.8) is 0 Å². The molecule has 0 saturated carbocycles. The molecule has 0 heterocycles. The van der Waals surface area contributed by atoms with Gasteiger partial charge in [-0.25, -0.2) is 0 Å². The fourth-order valence-corrected chi connectivity index (χ4v) is 2.44. The molecule has 22 heavy (non-hydrogen) atoms. The Morgan fingerprint density at radius 1 is 1.09 bits per heavy atom. The number of carbonyl (C=O) groups is 1. The first-order chi connectivity index (χ1) is 10.5. The van der Waals surface area contributed by atoms with Crippen LogP contribution in [0.1, 0.15) is 35.1 Å². The van der Waals surface area contributed by atoms with Crippen molar-refractivity contribution in [2.45, 2.75) is 39.7 Å². The van der Waals surface area contributed by atoms with Crippen molar-refractivity contribution in [3.8, 4) is 5.75 Å².